The Morgan fingerprint density at radius 1 is 1.15 bits per heavy atom. The average Bonchev–Trinajstić information content (AvgIpc) is 3.06. The molecule has 1 heterocycles. The Balaban J connectivity index is 2.16. The molecule has 1 aromatic heterocycles. The normalized spacial score (nSPS) is 12.2. The van der Waals surface area contributed by atoms with E-state index in [1.807, 2.05) is 0 Å². The average molecular weight is 380 g/mol. The zero-order valence-electron chi connectivity index (χ0n) is 14.8. The van der Waals surface area contributed by atoms with Crippen molar-refractivity contribution >= 4 is 27.6 Å². The standard InChI is InChI=1S/C17H20N2O6S/c1-17(2,16(21)22)12-5-7-13(8-6-12)18-15(20)11-9-14(25-10-11)26(23,24)19(3)4/h5-10H,1-4H3,(H,18,20)(H,21,22). The van der Waals surface area contributed by atoms with Crippen LogP contribution >= 0.6 is 0 Å². The molecule has 26 heavy (non-hydrogen) atoms. The Bertz CT molecular complexity index is 926. The summed E-state index contributed by atoms with van der Waals surface area (Å²) in [5, 5.41) is 11.5. The highest BCUT2D eigenvalue weighted by Crippen LogP contribution is 2.25. The fourth-order valence-corrected chi connectivity index (χ4v) is 2.85. The lowest BCUT2D eigenvalue weighted by Crippen LogP contribution is -2.28. The number of anilines is 1. The van der Waals surface area contributed by atoms with Crippen LogP contribution in [0.2, 0.25) is 0 Å². The van der Waals surface area contributed by atoms with Gasteiger partial charge in [-0.25, -0.2) is 12.7 Å². The van der Waals surface area contributed by atoms with Crippen molar-refractivity contribution in [3.05, 3.63) is 47.7 Å². The Morgan fingerprint density at radius 2 is 1.73 bits per heavy atom. The third kappa shape index (κ3) is 3.78. The van der Waals surface area contributed by atoms with Gasteiger partial charge in [0, 0.05) is 25.8 Å². The summed E-state index contributed by atoms with van der Waals surface area (Å²) in [6.45, 7) is 3.17. The summed E-state index contributed by atoms with van der Waals surface area (Å²) in [6, 6.07) is 7.53. The first-order valence-electron chi connectivity index (χ1n) is 7.62. The molecule has 0 saturated carbocycles. The van der Waals surface area contributed by atoms with Crippen LogP contribution in [0.25, 0.3) is 0 Å². The lowest BCUT2D eigenvalue weighted by molar-refractivity contribution is -0.142. The smallest absolute Gasteiger partial charge is 0.313 e. The van der Waals surface area contributed by atoms with E-state index in [9.17, 15) is 23.1 Å². The maximum absolute atomic E-state index is 12.2. The van der Waals surface area contributed by atoms with Crippen LogP contribution in [0.3, 0.4) is 0 Å². The fourth-order valence-electron chi connectivity index (χ4n) is 2.05. The van der Waals surface area contributed by atoms with E-state index < -0.39 is 27.3 Å². The molecule has 0 aliphatic rings. The van der Waals surface area contributed by atoms with Gasteiger partial charge in [0.05, 0.1) is 11.0 Å². The van der Waals surface area contributed by atoms with Gasteiger partial charge in [-0.1, -0.05) is 12.1 Å². The van der Waals surface area contributed by atoms with Gasteiger partial charge < -0.3 is 14.8 Å². The third-order valence-electron chi connectivity index (χ3n) is 3.97. The molecular weight excluding hydrogens is 360 g/mol. The van der Waals surface area contributed by atoms with Gasteiger partial charge in [-0.15, -0.1) is 0 Å². The minimum atomic E-state index is -3.76. The maximum atomic E-state index is 12.2. The van der Waals surface area contributed by atoms with Crippen molar-refractivity contribution < 1.29 is 27.5 Å². The summed E-state index contributed by atoms with van der Waals surface area (Å²) < 4.78 is 29.9. The number of sulfonamides is 1. The van der Waals surface area contributed by atoms with Crippen molar-refractivity contribution in [3.8, 4) is 0 Å². The third-order valence-corrected chi connectivity index (χ3v) is 5.66. The van der Waals surface area contributed by atoms with Gasteiger partial charge in [0.1, 0.15) is 6.26 Å². The highest BCUT2D eigenvalue weighted by molar-refractivity contribution is 7.88. The van der Waals surface area contributed by atoms with E-state index in [4.69, 9.17) is 4.42 Å². The summed E-state index contributed by atoms with van der Waals surface area (Å²) in [5.41, 5.74) is 0.0342. The second kappa shape index (κ2) is 6.93. The molecule has 2 rings (SSSR count). The number of carboxylic acid groups (broad SMARTS) is 1. The summed E-state index contributed by atoms with van der Waals surface area (Å²) in [4.78, 5) is 23.5. The van der Waals surface area contributed by atoms with Crippen molar-refractivity contribution in [2.24, 2.45) is 0 Å². The lowest BCUT2D eigenvalue weighted by Gasteiger charge is -2.19. The van der Waals surface area contributed by atoms with Crippen molar-refractivity contribution in [1.29, 1.82) is 0 Å². The number of benzene rings is 1. The second-order valence-electron chi connectivity index (χ2n) is 6.40. The maximum Gasteiger partial charge on any atom is 0.313 e. The largest absolute Gasteiger partial charge is 0.481 e. The highest BCUT2D eigenvalue weighted by Gasteiger charge is 2.29. The summed E-state index contributed by atoms with van der Waals surface area (Å²) in [7, 11) is -1.04. The van der Waals surface area contributed by atoms with Crippen molar-refractivity contribution in [2.75, 3.05) is 19.4 Å². The second-order valence-corrected chi connectivity index (χ2v) is 8.49. The molecule has 140 valence electrons. The van der Waals surface area contributed by atoms with Crippen LogP contribution in [0.4, 0.5) is 5.69 Å². The van der Waals surface area contributed by atoms with Gasteiger partial charge in [0.25, 0.3) is 15.9 Å². The van der Waals surface area contributed by atoms with Crippen LogP contribution in [0, 0.1) is 0 Å². The van der Waals surface area contributed by atoms with Gasteiger partial charge in [-0.3, -0.25) is 9.59 Å². The Hall–Kier alpha value is -2.65. The van der Waals surface area contributed by atoms with Gasteiger partial charge in [0.15, 0.2) is 0 Å². The molecule has 9 heteroatoms. The number of hydrogen-bond donors (Lipinski definition) is 2. The molecule has 0 bridgehead atoms. The van der Waals surface area contributed by atoms with Crippen molar-refractivity contribution in [2.45, 2.75) is 24.4 Å². The summed E-state index contributed by atoms with van der Waals surface area (Å²) >= 11 is 0. The Labute approximate surface area is 151 Å². The van der Waals surface area contributed by atoms with E-state index in [1.165, 1.54) is 14.1 Å². The monoisotopic (exact) mass is 380 g/mol. The number of furan rings is 1. The number of amides is 1. The molecule has 0 fully saturated rings. The highest BCUT2D eigenvalue weighted by atomic mass is 32.2. The van der Waals surface area contributed by atoms with Gasteiger partial charge in [0.2, 0.25) is 5.09 Å². The molecule has 2 aromatic rings. The molecule has 1 amide bonds. The number of hydrogen-bond acceptors (Lipinski definition) is 5. The number of nitrogens with one attached hydrogen (secondary N) is 1. The molecule has 0 saturated heterocycles. The molecule has 0 unspecified atom stereocenters. The van der Waals surface area contributed by atoms with Crippen LogP contribution in [0.15, 0.2) is 46.1 Å². The number of carbonyl (C=O) groups excluding carboxylic acids is 1. The van der Waals surface area contributed by atoms with Crippen LogP contribution in [0.1, 0.15) is 29.8 Å². The van der Waals surface area contributed by atoms with Crippen LogP contribution in [0.5, 0.6) is 0 Å². The first-order chi connectivity index (χ1) is 12.0. The minimum Gasteiger partial charge on any atom is -0.481 e. The van der Waals surface area contributed by atoms with Crippen LogP contribution in [-0.2, 0) is 20.2 Å². The van der Waals surface area contributed by atoms with Crippen LogP contribution < -0.4 is 5.32 Å². The molecule has 0 radical (unpaired) electrons. The topological polar surface area (TPSA) is 117 Å². The van der Waals surface area contributed by atoms with E-state index >= 15 is 0 Å². The van der Waals surface area contributed by atoms with Crippen molar-refractivity contribution in [3.63, 3.8) is 0 Å². The van der Waals surface area contributed by atoms with Gasteiger partial charge >= 0.3 is 5.97 Å². The van der Waals surface area contributed by atoms with Crippen LogP contribution in [-0.4, -0.2) is 43.8 Å². The fraction of sp³-hybridized carbons (Fsp3) is 0.294. The number of nitrogens with zero attached hydrogens (tertiary/aromatic N) is 1. The van der Waals surface area contributed by atoms with E-state index in [0.29, 0.717) is 11.3 Å². The molecule has 0 aliphatic carbocycles. The molecule has 0 spiro atoms. The zero-order chi connectivity index (χ0) is 19.7. The minimum absolute atomic E-state index is 0.0559. The van der Waals surface area contributed by atoms with Crippen molar-refractivity contribution in [1.82, 2.24) is 4.31 Å². The first kappa shape index (κ1) is 19.7. The molecular formula is C17H20N2O6S. The number of carboxylic acids is 1. The SMILES string of the molecule is CN(C)S(=O)(=O)c1cc(C(=O)Nc2ccc(C(C)(C)C(=O)O)cc2)co1. The molecule has 8 nitrogen and oxygen atoms in total. The number of aliphatic carboxylic acids is 1. The predicted octanol–water partition coefficient (Wildman–Crippen LogP) is 2.14. The van der Waals surface area contributed by atoms with E-state index in [1.54, 1.807) is 38.1 Å². The first-order valence-corrected chi connectivity index (χ1v) is 9.06. The summed E-state index contributed by atoms with van der Waals surface area (Å²) in [5.74, 6) is -1.50. The molecule has 1 aromatic carbocycles. The quantitative estimate of drug-likeness (QED) is 0.793. The predicted molar refractivity (Wildman–Crippen MR) is 94.6 cm³/mol. The number of carbonyl (C=O) groups is 2. The van der Waals surface area contributed by atoms with Gasteiger partial charge in [-0.2, -0.15) is 0 Å². The van der Waals surface area contributed by atoms with E-state index in [0.717, 1.165) is 16.6 Å². The lowest BCUT2D eigenvalue weighted by atomic mass is 9.85. The Kier molecular flexibility index (Phi) is 5.24. The van der Waals surface area contributed by atoms with E-state index in [-0.39, 0.29) is 10.7 Å². The number of rotatable bonds is 6. The Morgan fingerprint density at radius 3 is 2.23 bits per heavy atom. The van der Waals surface area contributed by atoms with Gasteiger partial charge in [-0.05, 0) is 31.5 Å². The zero-order valence-corrected chi connectivity index (χ0v) is 15.6. The van der Waals surface area contributed by atoms with E-state index in [2.05, 4.69) is 5.32 Å². The molecule has 0 atom stereocenters. The molecule has 2 N–H and O–H groups in total. The molecule has 0 aliphatic heterocycles. The summed E-state index contributed by atoms with van der Waals surface area (Å²) in [6.07, 6.45) is 1.06.